The Bertz CT molecular complexity index is 594. The van der Waals surface area contributed by atoms with Crippen molar-refractivity contribution in [1.29, 1.82) is 0 Å². The summed E-state index contributed by atoms with van der Waals surface area (Å²) in [5.74, 6) is -0.0388. The fraction of sp³-hybridized carbons (Fsp3) is 0.133. The topological polar surface area (TPSA) is 37.3 Å². The van der Waals surface area contributed by atoms with Gasteiger partial charge in [0, 0.05) is 15.1 Å². The van der Waals surface area contributed by atoms with Crippen molar-refractivity contribution in [2.75, 3.05) is 0 Å². The van der Waals surface area contributed by atoms with Crippen molar-refractivity contribution in [1.82, 2.24) is 0 Å². The summed E-state index contributed by atoms with van der Waals surface area (Å²) in [4.78, 5) is 12.1. The van der Waals surface area contributed by atoms with Crippen molar-refractivity contribution >= 4 is 33.7 Å². The molecule has 0 unspecified atom stereocenters. The number of carbonyl (C=O) groups is 1. The first-order valence-electron chi connectivity index (χ1n) is 5.77. The van der Waals surface area contributed by atoms with Crippen LogP contribution in [0.15, 0.2) is 51.8 Å². The number of aromatic carboxylic acids is 1. The summed E-state index contributed by atoms with van der Waals surface area (Å²) in [6.45, 7) is 1.95. The Kier molecular flexibility index (Phi) is 4.66. The van der Waals surface area contributed by atoms with E-state index in [-0.39, 0.29) is 0 Å². The number of hydrogen-bond donors (Lipinski definition) is 1. The normalized spacial score (nSPS) is 10.4. The van der Waals surface area contributed by atoms with E-state index >= 15 is 0 Å². The van der Waals surface area contributed by atoms with E-state index in [0.717, 1.165) is 21.4 Å². The lowest BCUT2D eigenvalue weighted by Gasteiger charge is -2.07. The zero-order chi connectivity index (χ0) is 13.8. The van der Waals surface area contributed by atoms with E-state index in [1.54, 1.807) is 23.9 Å². The van der Waals surface area contributed by atoms with Crippen LogP contribution in [0, 0.1) is 6.92 Å². The van der Waals surface area contributed by atoms with Crippen LogP contribution in [0.5, 0.6) is 0 Å². The van der Waals surface area contributed by atoms with Crippen LogP contribution < -0.4 is 0 Å². The highest BCUT2D eigenvalue weighted by Crippen LogP contribution is 2.26. The maximum Gasteiger partial charge on any atom is 0.335 e. The maximum atomic E-state index is 10.9. The Balaban J connectivity index is 2.07. The molecule has 0 saturated carbocycles. The fourth-order valence-electron chi connectivity index (χ4n) is 1.68. The van der Waals surface area contributed by atoms with Crippen molar-refractivity contribution in [2.24, 2.45) is 0 Å². The van der Waals surface area contributed by atoms with E-state index in [1.807, 2.05) is 25.1 Å². The molecule has 0 aliphatic heterocycles. The van der Waals surface area contributed by atoms with E-state index < -0.39 is 5.97 Å². The molecule has 0 saturated heterocycles. The molecule has 0 heterocycles. The Morgan fingerprint density at radius 3 is 2.47 bits per heavy atom. The van der Waals surface area contributed by atoms with E-state index in [4.69, 9.17) is 5.11 Å². The first kappa shape index (κ1) is 14.2. The molecule has 0 aliphatic rings. The van der Waals surface area contributed by atoms with Gasteiger partial charge in [-0.25, -0.2) is 4.79 Å². The molecule has 0 bridgehead atoms. The highest BCUT2D eigenvalue weighted by atomic mass is 79.9. The standard InChI is InChI=1S/C15H13BrO2S/c1-10-8-11(15(17)18)2-3-12(10)9-19-14-6-4-13(16)5-7-14/h2-8H,9H2,1H3,(H,17,18). The lowest BCUT2D eigenvalue weighted by molar-refractivity contribution is 0.0697. The summed E-state index contributed by atoms with van der Waals surface area (Å²) < 4.78 is 1.07. The fourth-order valence-corrected chi connectivity index (χ4v) is 2.92. The molecule has 4 heteroatoms. The molecule has 1 N–H and O–H groups in total. The smallest absolute Gasteiger partial charge is 0.335 e. The minimum absolute atomic E-state index is 0.342. The second-order valence-electron chi connectivity index (χ2n) is 4.19. The molecule has 2 aromatic carbocycles. The van der Waals surface area contributed by atoms with Gasteiger partial charge in [-0.05, 0) is 54.4 Å². The predicted molar refractivity (Wildman–Crippen MR) is 81.8 cm³/mol. The van der Waals surface area contributed by atoms with Crippen LogP contribution in [-0.2, 0) is 5.75 Å². The Morgan fingerprint density at radius 2 is 1.89 bits per heavy atom. The molecule has 2 nitrogen and oxygen atoms in total. The van der Waals surface area contributed by atoms with Gasteiger partial charge in [0.15, 0.2) is 0 Å². The predicted octanol–water partition coefficient (Wildman–Crippen LogP) is 4.75. The minimum Gasteiger partial charge on any atom is -0.478 e. The van der Waals surface area contributed by atoms with Crippen molar-refractivity contribution in [2.45, 2.75) is 17.6 Å². The van der Waals surface area contributed by atoms with Crippen LogP contribution in [-0.4, -0.2) is 11.1 Å². The van der Waals surface area contributed by atoms with Gasteiger partial charge in [-0.1, -0.05) is 22.0 Å². The average molecular weight is 337 g/mol. The highest BCUT2D eigenvalue weighted by molar-refractivity contribution is 9.10. The van der Waals surface area contributed by atoms with E-state index in [1.165, 1.54) is 4.90 Å². The van der Waals surface area contributed by atoms with Gasteiger partial charge >= 0.3 is 5.97 Å². The van der Waals surface area contributed by atoms with Crippen LogP contribution in [0.4, 0.5) is 0 Å². The second-order valence-corrected chi connectivity index (χ2v) is 6.15. The Labute approximate surface area is 125 Å². The van der Waals surface area contributed by atoms with Gasteiger partial charge < -0.3 is 5.11 Å². The third kappa shape index (κ3) is 3.85. The lowest BCUT2D eigenvalue weighted by Crippen LogP contribution is -1.98. The van der Waals surface area contributed by atoms with Crippen molar-refractivity contribution in [3.05, 3.63) is 63.6 Å². The van der Waals surface area contributed by atoms with Gasteiger partial charge in [0.05, 0.1) is 5.56 Å². The molecule has 0 amide bonds. The summed E-state index contributed by atoms with van der Waals surface area (Å²) in [5, 5.41) is 8.92. The number of carboxylic acid groups (broad SMARTS) is 1. The summed E-state index contributed by atoms with van der Waals surface area (Å²) in [6.07, 6.45) is 0. The van der Waals surface area contributed by atoms with Gasteiger partial charge in [-0.2, -0.15) is 0 Å². The van der Waals surface area contributed by atoms with Gasteiger partial charge in [-0.3, -0.25) is 0 Å². The van der Waals surface area contributed by atoms with Crippen LogP contribution in [0.1, 0.15) is 21.5 Å². The summed E-state index contributed by atoms with van der Waals surface area (Å²) in [5.41, 5.74) is 2.53. The molecule has 0 aliphatic carbocycles. The zero-order valence-corrected chi connectivity index (χ0v) is 12.8. The Morgan fingerprint density at radius 1 is 1.21 bits per heavy atom. The number of carboxylic acids is 1. The van der Waals surface area contributed by atoms with Crippen LogP contribution >= 0.6 is 27.7 Å². The number of aryl methyl sites for hydroxylation is 1. The molecule has 0 atom stereocenters. The molecule has 0 spiro atoms. The number of halogens is 1. The quantitative estimate of drug-likeness (QED) is 0.818. The third-order valence-electron chi connectivity index (χ3n) is 2.80. The second kappa shape index (κ2) is 6.26. The van der Waals surface area contributed by atoms with Gasteiger partial charge in [-0.15, -0.1) is 11.8 Å². The summed E-state index contributed by atoms with van der Waals surface area (Å²) >= 11 is 5.15. The first-order valence-corrected chi connectivity index (χ1v) is 7.55. The van der Waals surface area contributed by atoms with Gasteiger partial charge in [0.1, 0.15) is 0 Å². The number of hydrogen-bond acceptors (Lipinski definition) is 2. The monoisotopic (exact) mass is 336 g/mol. The molecule has 2 rings (SSSR count). The molecule has 0 radical (unpaired) electrons. The summed E-state index contributed by atoms with van der Waals surface area (Å²) in [6, 6.07) is 13.4. The summed E-state index contributed by atoms with van der Waals surface area (Å²) in [7, 11) is 0. The lowest BCUT2D eigenvalue weighted by atomic mass is 10.1. The highest BCUT2D eigenvalue weighted by Gasteiger charge is 2.06. The maximum absolute atomic E-state index is 10.9. The van der Waals surface area contributed by atoms with E-state index in [9.17, 15) is 4.79 Å². The average Bonchev–Trinajstić information content (AvgIpc) is 2.39. The van der Waals surface area contributed by atoms with E-state index in [0.29, 0.717) is 5.56 Å². The number of benzene rings is 2. The van der Waals surface area contributed by atoms with Crippen molar-refractivity contribution < 1.29 is 9.90 Å². The molecule has 19 heavy (non-hydrogen) atoms. The molecule has 0 fully saturated rings. The third-order valence-corrected chi connectivity index (χ3v) is 4.39. The van der Waals surface area contributed by atoms with Crippen LogP contribution in [0.3, 0.4) is 0 Å². The van der Waals surface area contributed by atoms with Crippen molar-refractivity contribution in [3.63, 3.8) is 0 Å². The number of rotatable bonds is 4. The largest absolute Gasteiger partial charge is 0.478 e. The Hall–Kier alpha value is -1.26. The molecule has 98 valence electrons. The first-order chi connectivity index (χ1) is 9.06. The van der Waals surface area contributed by atoms with Gasteiger partial charge in [0.25, 0.3) is 0 Å². The number of thioether (sulfide) groups is 1. The van der Waals surface area contributed by atoms with Gasteiger partial charge in [0.2, 0.25) is 0 Å². The van der Waals surface area contributed by atoms with Crippen molar-refractivity contribution in [3.8, 4) is 0 Å². The van der Waals surface area contributed by atoms with Crippen LogP contribution in [0.25, 0.3) is 0 Å². The zero-order valence-electron chi connectivity index (χ0n) is 10.4. The van der Waals surface area contributed by atoms with E-state index in [2.05, 4.69) is 28.1 Å². The SMILES string of the molecule is Cc1cc(C(=O)O)ccc1CSc1ccc(Br)cc1. The molecular weight excluding hydrogens is 324 g/mol. The molecule has 0 aromatic heterocycles. The molecule has 2 aromatic rings. The van der Waals surface area contributed by atoms with Crippen LogP contribution in [0.2, 0.25) is 0 Å². The minimum atomic E-state index is -0.879. The molecular formula is C15H13BrO2S.